The molecule has 1 heteroatoms. The first-order valence-electron chi connectivity index (χ1n) is 3.19. The fourth-order valence-electron chi connectivity index (χ4n) is 0.965. The van der Waals surface area contributed by atoms with Crippen molar-refractivity contribution in [3.8, 4) is 0 Å². The Morgan fingerprint density at radius 2 is 2.50 bits per heavy atom. The van der Waals surface area contributed by atoms with Gasteiger partial charge in [-0.15, -0.1) is 0 Å². The summed E-state index contributed by atoms with van der Waals surface area (Å²) in [4.78, 5) is 0. The molecule has 1 aliphatic rings. The Hall–Kier alpha value is -0.460. The third-order valence-electron chi connectivity index (χ3n) is 1.67. The van der Waals surface area contributed by atoms with Crippen LogP contribution >= 0.6 is 0 Å². The molecule has 0 saturated heterocycles. The molecule has 1 aliphatic carbocycles. The minimum atomic E-state index is 0.823. The van der Waals surface area contributed by atoms with Crippen LogP contribution < -0.4 is 0 Å². The zero-order valence-corrected chi connectivity index (χ0v) is 5.28. The van der Waals surface area contributed by atoms with Gasteiger partial charge < -0.3 is 5.11 Å². The maximum atomic E-state index is 7.22. The molecule has 1 nitrogen and oxygen atoms in total. The maximum absolute atomic E-state index is 7.22. The molecule has 1 rings (SSSR count). The third-order valence-corrected chi connectivity index (χ3v) is 1.67. The summed E-state index contributed by atoms with van der Waals surface area (Å²) in [5, 5.41) is 7.22. The number of hydrogen-bond acceptors (Lipinski definition) is 0. The summed E-state index contributed by atoms with van der Waals surface area (Å²) in [5.74, 6) is 1.66. The SMILES string of the molecule is CC1CC=C([OH2+])CC1. The molecule has 0 aromatic heterocycles. The zero-order chi connectivity index (χ0) is 5.98. The monoisotopic (exact) mass is 113 g/mol. The molecule has 0 spiro atoms. The average molecular weight is 113 g/mol. The first kappa shape index (κ1) is 5.67. The van der Waals surface area contributed by atoms with E-state index in [1.807, 2.05) is 6.08 Å². The molecule has 0 saturated carbocycles. The van der Waals surface area contributed by atoms with Gasteiger partial charge >= 0.3 is 0 Å². The van der Waals surface area contributed by atoms with Crippen LogP contribution in [0.2, 0.25) is 0 Å². The Balaban J connectivity index is 2.42. The summed E-state index contributed by atoms with van der Waals surface area (Å²) in [6.07, 6.45) is 5.38. The standard InChI is InChI=1S/C7H12O/c1-6-2-4-7(8)5-3-6/h4,6,8H,2-3,5H2,1H3/p+1. The average Bonchev–Trinajstić information content (AvgIpc) is 1.77. The molecule has 2 N–H and O–H groups in total. The van der Waals surface area contributed by atoms with E-state index in [1.165, 1.54) is 6.42 Å². The molecular weight excluding hydrogens is 100 g/mol. The highest BCUT2D eigenvalue weighted by Gasteiger charge is 2.10. The maximum Gasteiger partial charge on any atom is 0.224 e. The van der Waals surface area contributed by atoms with Crippen LogP contribution in [0, 0.1) is 5.92 Å². The second-order valence-corrected chi connectivity index (χ2v) is 2.61. The molecular formula is C7H13O+. The van der Waals surface area contributed by atoms with E-state index in [1.54, 1.807) is 0 Å². The molecule has 8 heavy (non-hydrogen) atoms. The van der Waals surface area contributed by atoms with Gasteiger partial charge in [0, 0.05) is 6.08 Å². The van der Waals surface area contributed by atoms with Crippen LogP contribution in [0.4, 0.5) is 0 Å². The third kappa shape index (κ3) is 1.25. The van der Waals surface area contributed by atoms with Gasteiger partial charge in [0.1, 0.15) is 0 Å². The Morgan fingerprint density at radius 1 is 1.75 bits per heavy atom. The Labute approximate surface area is 50.0 Å². The van der Waals surface area contributed by atoms with Gasteiger partial charge in [0.05, 0.1) is 6.42 Å². The van der Waals surface area contributed by atoms with Crippen LogP contribution in [-0.2, 0) is 0 Å². The van der Waals surface area contributed by atoms with Crippen LogP contribution in [-0.4, -0.2) is 5.11 Å². The lowest BCUT2D eigenvalue weighted by molar-refractivity contribution is 0.344. The quantitative estimate of drug-likeness (QED) is 0.424. The van der Waals surface area contributed by atoms with Crippen molar-refractivity contribution in [3.05, 3.63) is 11.8 Å². The Kier molecular flexibility index (Phi) is 1.56. The molecule has 1 atom stereocenters. The van der Waals surface area contributed by atoms with Crippen LogP contribution in [0.1, 0.15) is 26.2 Å². The lowest BCUT2D eigenvalue weighted by Crippen LogP contribution is -2.00. The summed E-state index contributed by atoms with van der Waals surface area (Å²) >= 11 is 0. The number of allylic oxidation sites excluding steroid dienone is 2. The van der Waals surface area contributed by atoms with Crippen LogP contribution in [0.3, 0.4) is 0 Å². The number of rotatable bonds is 0. The highest BCUT2D eigenvalue weighted by atomic mass is 16.3. The van der Waals surface area contributed by atoms with E-state index in [0.717, 1.165) is 24.5 Å². The van der Waals surface area contributed by atoms with E-state index in [2.05, 4.69) is 6.92 Å². The lowest BCUT2D eigenvalue weighted by atomic mass is 9.96. The molecule has 0 fully saturated rings. The second-order valence-electron chi connectivity index (χ2n) is 2.61. The van der Waals surface area contributed by atoms with Crippen molar-refractivity contribution in [2.75, 3.05) is 0 Å². The minimum absolute atomic E-state index is 0.823. The molecule has 0 heterocycles. The Morgan fingerprint density at radius 3 is 2.88 bits per heavy atom. The normalized spacial score (nSPS) is 29.6. The van der Waals surface area contributed by atoms with E-state index in [0.29, 0.717) is 0 Å². The molecule has 0 radical (unpaired) electrons. The molecule has 0 aliphatic heterocycles. The van der Waals surface area contributed by atoms with Crippen molar-refractivity contribution in [1.82, 2.24) is 0 Å². The molecule has 0 aromatic rings. The highest BCUT2D eigenvalue weighted by Crippen LogP contribution is 2.20. The predicted octanol–water partition coefficient (Wildman–Crippen LogP) is 1.41. The summed E-state index contributed by atoms with van der Waals surface area (Å²) in [6.45, 7) is 2.24. The summed E-state index contributed by atoms with van der Waals surface area (Å²) in [5.41, 5.74) is 0. The van der Waals surface area contributed by atoms with Gasteiger partial charge in [-0.3, -0.25) is 0 Å². The van der Waals surface area contributed by atoms with Gasteiger partial charge in [-0.05, 0) is 18.8 Å². The van der Waals surface area contributed by atoms with Gasteiger partial charge in [0.2, 0.25) is 5.76 Å². The molecule has 0 bridgehead atoms. The van der Waals surface area contributed by atoms with Crippen molar-refractivity contribution in [1.29, 1.82) is 0 Å². The first-order valence-corrected chi connectivity index (χ1v) is 3.19. The van der Waals surface area contributed by atoms with Gasteiger partial charge in [-0.25, -0.2) is 0 Å². The van der Waals surface area contributed by atoms with Crippen molar-refractivity contribution in [2.24, 2.45) is 5.92 Å². The summed E-state index contributed by atoms with van der Waals surface area (Å²) in [7, 11) is 0. The Bertz CT molecular complexity index is 105. The van der Waals surface area contributed by atoms with E-state index < -0.39 is 0 Å². The molecule has 1 unspecified atom stereocenters. The van der Waals surface area contributed by atoms with Gasteiger partial charge in [-0.2, -0.15) is 0 Å². The van der Waals surface area contributed by atoms with Crippen molar-refractivity contribution in [2.45, 2.75) is 26.2 Å². The predicted molar refractivity (Wildman–Crippen MR) is 34.7 cm³/mol. The van der Waals surface area contributed by atoms with Crippen LogP contribution in [0.25, 0.3) is 0 Å². The zero-order valence-electron chi connectivity index (χ0n) is 5.28. The van der Waals surface area contributed by atoms with E-state index in [9.17, 15) is 0 Å². The fraction of sp³-hybridized carbons (Fsp3) is 0.714. The van der Waals surface area contributed by atoms with Crippen molar-refractivity contribution < 1.29 is 5.11 Å². The first-order chi connectivity index (χ1) is 3.79. The fourth-order valence-corrected chi connectivity index (χ4v) is 0.965. The summed E-state index contributed by atoms with van der Waals surface area (Å²) < 4.78 is 0. The second kappa shape index (κ2) is 2.21. The molecule has 0 amide bonds. The topological polar surface area (TPSA) is 22.9 Å². The van der Waals surface area contributed by atoms with E-state index in [-0.39, 0.29) is 0 Å². The van der Waals surface area contributed by atoms with Crippen molar-refractivity contribution >= 4 is 0 Å². The largest absolute Gasteiger partial charge is 0.597 e. The van der Waals surface area contributed by atoms with Gasteiger partial charge in [0.25, 0.3) is 0 Å². The van der Waals surface area contributed by atoms with Gasteiger partial charge in [-0.1, -0.05) is 6.92 Å². The van der Waals surface area contributed by atoms with Crippen molar-refractivity contribution in [3.63, 3.8) is 0 Å². The molecule has 0 aromatic carbocycles. The smallest absolute Gasteiger partial charge is 0.224 e. The molecule has 46 valence electrons. The minimum Gasteiger partial charge on any atom is -0.597 e. The van der Waals surface area contributed by atoms with Crippen LogP contribution in [0.15, 0.2) is 11.8 Å². The lowest BCUT2D eigenvalue weighted by Gasteiger charge is -2.10. The highest BCUT2D eigenvalue weighted by molar-refractivity contribution is 4.95. The van der Waals surface area contributed by atoms with E-state index >= 15 is 0 Å². The number of hydrogen-bond donors (Lipinski definition) is 0. The van der Waals surface area contributed by atoms with Gasteiger partial charge in [0.15, 0.2) is 0 Å². The van der Waals surface area contributed by atoms with Crippen LogP contribution in [0.5, 0.6) is 0 Å². The summed E-state index contributed by atoms with van der Waals surface area (Å²) in [6, 6.07) is 0. The van der Waals surface area contributed by atoms with E-state index in [4.69, 9.17) is 5.11 Å².